The van der Waals surface area contributed by atoms with E-state index in [9.17, 15) is 4.79 Å². The van der Waals surface area contributed by atoms with Gasteiger partial charge in [-0.2, -0.15) is 0 Å². The summed E-state index contributed by atoms with van der Waals surface area (Å²) >= 11 is -3.78. The van der Waals surface area contributed by atoms with Crippen LogP contribution in [0.3, 0.4) is 0 Å². The molecule has 0 aliphatic heterocycles. The minimum absolute atomic E-state index is 0.348. The van der Waals surface area contributed by atoms with E-state index in [0.717, 1.165) is 10.7 Å². The molecule has 0 heterocycles. The predicted octanol–water partition coefficient (Wildman–Crippen LogP) is 2.68. The van der Waals surface area contributed by atoms with E-state index in [4.69, 9.17) is 13.7 Å². The Morgan fingerprint density at radius 3 is 1.75 bits per heavy atom. The van der Waals surface area contributed by atoms with Gasteiger partial charge < -0.3 is 0 Å². The van der Waals surface area contributed by atoms with Gasteiger partial charge in [0.1, 0.15) is 0 Å². The maximum absolute atomic E-state index is 12.3. The van der Waals surface area contributed by atoms with Crippen LogP contribution < -0.4 is 10.7 Å². The van der Waals surface area contributed by atoms with E-state index >= 15 is 0 Å². The van der Waals surface area contributed by atoms with Crippen molar-refractivity contribution in [2.45, 2.75) is 0 Å². The van der Waals surface area contributed by atoms with Crippen LogP contribution in [0.2, 0.25) is 0 Å². The molecule has 0 aliphatic carbocycles. The molecule has 0 radical (unpaired) electrons. The van der Waals surface area contributed by atoms with Crippen LogP contribution in [0, 0.1) is 0 Å². The zero-order chi connectivity index (χ0) is 17.0. The van der Waals surface area contributed by atoms with Gasteiger partial charge in [-0.25, -0.2) is 0 Å². The number of hydrogen-bond donors (Lipinski definition) is 0. The molecule has 0 aliphatic rings. The van der Waals surface area contributed by atoms with Gasteiger partial charge in [-0.3, -0.25) is 0 Å². The number of esters is 1. The van der Waals surface area contributed by atoms with Crippen LogP contribution in [0.1, 0.15) is 10.4 Å². The zero-order valence-corrected chi connectivity index (χ0v) is 16.9. The molecule has 0 unspecified atom stereocenters. The summed E-state index contributed by atoms with van der Waals surface area (Å²) in [5.74, 6) is -0.348. The van der Waals surface area contributed by atoms with Crippen LogP contribution in [0.25, 0.3) is 0 Å². The van der Waals surface area contributed by atoms with E-state index in [1.807, 2.05) is 54.6 Å². The Morgan fingerprint density at radius 2 is 1.25 bits per heavy atom. The van der Waals surface area contributed by atoms with Crippen LogP contribution in [0.4, 0.5) is 0 Å². The summed E-state index contributed by atoms with van der Waals surface area (Å²) < 4.78 is 8.11. The third-order valence-electron chi connectivity index (χ3n) is 4.05. The summed E-state index contributed by atoms with van der Waals surface area (Å²) in [4.78, 5) is 12.3. The van der Waals surface area contributed by atoms with Gasteiger partial charge in [-0.1, -0.05) is 0 Å². The fourth-order valence-electron chi connectivity index (χ4n) is 2.88. The van der Waals surface area contributed by atoms with E-state index in [1.165, 1.54) is 7.11 Å². The molecule has 0 N–H and O–H groups in total. The Morgan fingerprint density at radius 1 is 0.792 bits per heavy atom. The first-order chi connectivity index (χ1) is 11.7. The first kappa shape index (κ1) is 17.1. The molecule has 0 fully saturated rings. The molecule has 0 aromatic heterocycles. The van der Waals surface area contributed by atoms with Crippen molar-refractivity contribution in [2.75, 3.05) is 7.11 Å². The van der Waals surface area contributed by atoms with E-state index in [0.29, 0.717) is 5.56 Å². The molecule has 24 heavy (non-hydrogen) atoms. The van der Waals surface area contributed by atoms with Crippen molar-refractivity contribution in [2.24, 2.45) is 0 Å². The van der Waals surface area contributed by atoms with Gasteiger partial charge in [0.25, 0.3) is 0 Å². The van der Waals surface area contributed by atoms with Gasteiger partial charge in [-0.05, 0) is 0 Å². The summed E-state index contributed by atoms with van der Waals surface area (Å²) in [5, 5.41) is 0. The van der Waals surface area contributed by atoms with Crippen molar-refractivity contribution in [1.29, 1.82) is 0 Å². The second-order valence-electron chi connectivity index (χ2n) is 5.43. The van der Waals surface area contributed by atoms with Crippen molar-refractivity contribution in [3.63, 3.8) is 0 Å². The second kappa shape index (κ2) is 7.41. The third kappa shape index (κ3) is 3.08. The number of methoxy groups -OCH3 is 1. The molecule has 0 saturated heterocycles. The molecule has 3 rings (SSSR count). The van der Waals surface area contributed by atoms with Crippen LogP contribution in [0.5, 0.6) is 0 Å². The number of carbonyl (C=O) groups is 1. The Labute approximate surface area is 149 Å². The first-order valence-electron chi connectivity index (χ1n) is 7.65. The van der Waals surface area contributed by atoms with Gasteiger partial charge in [0.05, 0.1) is 0 Å². The molecule has 120 valence electrons. The van der Waals surface area contributed by atoms with E-state index < -0.39 is 17.3 Å². The van der Waals surface area contributed by atoms with Gasteiger partial charge >= 0.3 is 150 Å². The number of carbonyl (C=O) groups excluding carboxylic acids is 1. The van der Waals surface area contributed by atoms with E-state index in [-0.39, 0.29) is 5.97 Å². The number of rotatable bonds is 4. The first-order valence-corrected chi connectivity index (χ1v) is 15.5. The summed E-state index contributed by atoms with van der Waals surface area (Å²) in [6.07, 6.45) is 0. The summed E-state index contributed by atoms with van der Waals surface area (Å²) in [6.45, 7) is 0. The van der Waals surface area contributed by atoms with Crippen molar-refractivity contribution in [1.82, 2.24) is 0 Å². The van der Waals surface area contributed by atoms with Gasteiger partial charge in [0.15, 0.2) is 0 Å². The van der Waals surface area contributed by atoms with Crippen LogP contribution in [0.15, 0.2) is 84.9 Å². The number of benzene rings is 3. The monoisotopic (exact) mass is 444 g/mol. The number of ether oxygens (including phenoxy) is 1. The quantitative estimate of drug-likeness (QED) is 0.458. The SMILES string of the molecule is COC(=O)c1cccc[c]1[Sn]([Cl])([c]1ccccc1)[c]1ccccc1. The Kier molecular flexibility index (Phi) is 5.26. The molecule has 3 aromatic carbocycles. The summed E-state index contributed by atoms with van der Waals surface area (Å²) in [5.41, 5.74) is 0.554. The molecular formula is C20H17ClO2Sn. The molecule has 0 atom stereocenters. The summed E-state index contributed by atoms with van der Waals surface area (Å²) in [6, 6.07) is 27.7. The number of hydrogen-bond acceptors (Lipinski definition) is 2. The van der Waals surface area contributed by atoms with Crippen molar-refractivity contribution < 1.29 is 9.53 Å². The Balaban J connectivity index is 2.31. The average molecular weight is 444 g/mol. The maximum atomic E-state index is 12.3. The fraction of sp³-hybridized carbons (Fsp3) is 0.0500. The van der Waals surface area contributed by atoms with Gasteiger partial charge in [0, 0.05) is 0 Å². The van der Waals surface area contributed by atoms with Crippen molar-refractivity contribution in [3.05, 3.63) is 90.5 Å². The van der Waals surface area contributed by atoms with Gasteiger partial charge in [-0.15, -0.1) is 0 Å². The Hall–Kier alpha value is -1.78. The molecular weight excluding hydrogens is 426 g/mol. The number of halogens is 1. The normalized spacial score (nSPS) is 11.1. The van der Waals surface area contributed by atoms with Crippen molar-refractivity contribution >= 4 is 42.9 Å². The average Bonchev–Trinajstić information content (AvgIpc) is 2.68. The third-order valence-corrected chi connectivity index (χ3v) is 18.1. The second-order valence-corrected chi connectivity index (χ2v) is 17.8. The molecule has 0 saturated carbocycles. The molecule has 0 spiro atoms. The van der Waals surface area contributed by atoms with Crippen LogP contribution in [-0.2, 0) is 4.74 Å². The van der Waals surface area contributed by atoms with E-state index in [1.54, 1.807) is 6.07 Å². The predicted molar refractivity (Wildman–Crippen MR) is 101 cm³/mol. The topological polar surface area (TPSA) is 26.3 Å². The molecule has 0 bridgehead atoms. The molecule has 2 nitrogen and oxygen atoms in total. The Bertz CT molecular complexity index is 795. The van der Waals surface area contributed by atoms with Crippen LogP contribution in [-0.4, -0.2) is 30.3 Å². The standard InChI is InChI=1S/C8H7O2.2C6H5.ClH.Sn/c1-10-8(9)7-5-3-2-4-6-7;2*1-2-4-6-5-3-1;;/h2-5H,1H3;2*1-5H;1H;/q;;;;+1/p-1. The fourth-order valence-corrected chi connectivity index (χ4v) is 14.6. The molecule has 0 amide bonds. The minimum atomic E-state index is -3.78. The molecule has 3 aromatic rings. The molecule has 4 heteroatoms. The van der Waals surface area contributed by atoms with E-state index in [2.05, 4.69) is 24.3 Å². The van der Waals surface area contributed by atoms with Crippen molar-refractivity contribution in [3.8, 4) is 0 Å². The van der Waals surface area contributed by atoms with Crippen LogP contribution >= 0.6 is 8.92 Å². The van der Waals surface area contributed by atoms with Gasteiger partial charge in [0.2, 0.25) is 0 Å². The summed E-state index contributed by atoms with van der Waals surface area (Å²) in [7, 11) is 8.82. The zero-order valence-electron chi connectivity index (χ0n) is 13.3.